The van der Waals surface area contributed by atoms with E-state index < -0.39 is 0 Å². The monoisotopic (exact) mass is 362 g/mol. The van der Waals surface area contributed by atoms with Crippen LogP contribution in [0.25, 0.3) is 0 Å². The number of nitrogens with zero attached hydrogens (tertiary/aromatic N) is 1. The van der Waals surface area contributed by atoms with Crippen molar-refractivity contribution in [3.8, 4) is 5.75 Å². The lowest BCUT2D eigenvalue weighted by Gasteiger charge is -2.28. The zero-order chi connectivity index (χ0) is 16.9. The topological polar surface area (TPSA) is 52.6 Å². The van der Waals surface area contributed by atoms with Crippen LogP contribution in [0.15, 0.2) is 42.5 Å². The van der Waals surface area contributed by atoms with Crippen molar-refractivity contribution in [2.24, 2.45) is 0 Å². The Bertz CT molecular complexity index is 715. The number of halogens is 1. The van der Waals surface area contributed by atoms with Crippen molar-refractivity contribution in [3.05, 3.63) is 58.6 Å². The molecule has 3 rings (SSSR count). The third-order valence-corrected chi connectivity index (χ3v) is 5.15. The average Bonchev–Trinajstić information content (AvgIpc) is 2.63. The van der Waals surface area contributed by atoms with Gasteiger partial charge < -0.3 is 15.3 Å². The molecule has 0 spiro atoms. The second kappa shape index (κ2) is 7.81. The Morgan fingerprint density at radius 3 is 2.58 bits per heavy atom. The second-order valence-corrected chi connectivity index (χ2v) is 7.27. The quantitative estimate of drug-likeness (QED) is 0.873. The van der Waals surface area contributed by atoms with E-state index in [1.165, 1.54) is 29.3 Å². The Morgan fingerprint density at radius 1 is 1.17 bits per heavy atom. The molecule has 2 aromatic rings. The van der Waals surface area contributed by atoms with Crippen LogP contribution in [0.3, 0.4) is 0 Å². The van der Waals surface area contributed by atoms with Gasteiger partial charge in [-0.1, -0.05) is 23.7 Å². The van der Waals surface area contributed by atoms with Gasteiger partial charge in [0.15, 0.2) is 0 Å². The summed E-state index contributed by atoms with van der Waals surface area (Å²) >= 11 is 7.86. The molecule has 1 aliphatic rings. The summed E-state index contributed by atoms with van der Waals surface area (Å²) in [5, 5.41) is 13.0. The molecule has 0 radical (unpaired) electrons. The van der Waals surface area contributed by atoms with Gasteiger partial charge in [0.05, 0.1) is 5.56 Å². The van der Waals surface area contributed by atoms with Crippen molar-refractivity contribution < 1.29 is 9.90 Å². The first-order valence-electron chi connectivity index (χ1n) is 7.82. The molecule has 24 heavy (non-hydrogen) atoms. The molecule has 0 aromatic heterocycles. The highest BCUT2D eigenvalue weighted by Gasteiger charge is 2.13. The lowest BCUT2D eigenvalue weighted by atomic mass is 10.1. The first kappa shape index (κ1) is 17.0. The summed E-state index contributed by atoms with van der Waals surface area (Å²) in [4.78, 5) is 14.5. The van der Waals surface area contributed by atoms with Crippen LogP contribution in [-0.2, 0) is 6.54 Å². The van der Waals surface area contributed by atoms with Crippen molar-refractivity contribution in [1.82, 2.24) is 5.32 Å². The molecule has 0 saturated carbocycles. The number of aromatic hydroxyl groups is 1. The Labute approximate surface area is 150 Å². The lowest BCUT2D eigenvalue weighted by molar-refractivity contribution is 0.0948. The van der Waals surface area contributed by atoms with E-state index in [-0.39, 0.29) is 17.2 Å². The van der Waals surface area contributed by atoms with Crippen LogP contribution in [0.1, 0.15) is 15.9 Å². The van der Waals surface area contributed by atoms with Crippen molar-refractivity contribution >= 4 is 35.0 Å². The standard InChI is InChI=1S/C18H19ClN2O2S/c19-14-3-6-17(22)16(11-14)18(23)20-12-13-1-4-15(5-2-13)21-7-9-24-10-8-21/h1-6,11,22H,7-10,12H2,(H,20,23). The number of carbonyl (C=O) groups excluding carboxylic acids is 1. The highest BCUT2D eigenvalue weighted by atomic mass is 35.5. The summed E-state index contributed by atoms with van der Waals surface area (Å²) in [6.45, 7) is 2.56. The minimum atomic E-state index is -0.341. The number of rotatable bonds is 4. The normalized spacial score (nSPS) is 14.5. The van der Waals surface area contributed by atoms with Gasteiger partial charge in [-0.3, -0.25) is 4.79 Å². The summed E-state index contributed by atoms with van der Waals surface area (Å²) in [7, 11) is 0. The van der Waals surface area contributed by atoms with E-state index >= 15 is 0 Å². The van der Waals surface area contributed by atoms with E-state index in [1.807, 2.05) is 23.9 Å². The van der Waals surface area contributed by atoms with Crippen molar-refractivity contribution in [2.45, 2.75) is 6.54 Å². The maximum absolute atomic E-state index is 12.2. The minimum Gasteiger partial charge on any atom is -0.507 e. The SMILES string of the molecule is O=C(NCc1ccc(N2CCSCC2)cc1)c1cc(Cl)ccc1O. The van der Waals surface area contributed by atoms with E-state index in [2.05, 4.69) is 22.3 Å². The third kappa shape index (κ3) is 4.16. The molecular weight excluding hydrogens is 344 g/mol. The van der Waals surface area contributed by atoms with Gasteiger partial charge in [-0.25, -0.2) is 0 Å². The number of anilines is 1. The fourth-order valence-corrected chi connectivity index (χ4v) is 3.69. The summed E-state index contributed by atoms with van der Waals surface area (Å²) in [5.41, 5.74) is 2.42. The highest BCUT2D eigenvalue weighted by molar-refractivity contribution is 7.99. The lowest BCUT2D eigenvalue weighted by Crippen LogP contribution is -2.32. The smallest absolute Gasteiger partial charge is 0.255 e. The van der Waals surface area contributed by atoms with Crippen LogP contribution in [0.2, 0.25) is 5.02 Å². The van der Waals surface area contributed by atoms with Gasteiger partial charge in [-0.2, -0.15) is 11.8 Å². The molecule has 1 aliphatic heterocycles. The van der Waals surface area contributed by atoms with Gasteiger partial charge in [0.25, 0.3) is 5.91 Å². The Morgan fingerprint density at radius 2 is 1.88 bits per heavy atom. The van der Waals surface area contributed by atoms with Crippen LogP contribution < -0.4 is 10.2 Å². The van der Waals surface area contributed by atoms with Crippen molar-refractivity contribution in [2.75, 3.05) is 29.5 Å². The second-order valence-electron chi connectivity index (χ2n) is 5.61. The van der Waals surface area contributed by atoms with Gasteiger partial charge in [0.1, 0.15) is 5.75 Å². The van der Waals surface area contributed by atoms with Crippen LogP contribution in [0.5, 0.6) is 5.75 Å². The molecule has 1 saturated heterocycles. The van der Waals surface area contributed by atoms with E-state index in [4.69, 9.17) is 11.6 Å². The number of nitrogens with one attached hydrogen (secondary N) is 1. The summed E-state index contributed by atoms with van der Waals surface area (Å²) in [6, 6.07) is 12.7. The summed E-state index contributed by atoms with van der Waals surface area (Å²) in [5.74, 6) is 1.92. The Balaban J connectivity index is 1.60. The summed E-state index contributed by atoms with van der Waals surface area (Å²) in [6.07, 6.45) is 0. The van der Waals surface area contributed by atoms with Crippen molar-refractivity contribution in [3.63, 3.8) is 0 Å². The zero-order valence-corrected chi connectivity index (χ0v) is 14.7. The van der Waals surface area contributed by atoms with Gasteiger partial charge >= 0.3 is 0 Å². The maximum Gasteiger partial charge on any atom is 0.255 e. The summed E-state index contributed by atoms with van der Waals surface area (Å²) < 4.78 is 0. The molecule has 1 heterocycles. The number of thioether (sulfide) groups is 1. The fourth-order valence-electron chi connectivity index (χ4n) is 2.61. The number of hydrogen-bond acceptors (Lipinski definition) is 4. The van der Waals surface area contributed by atoms with Crippen LogP contribution in [0, 0.1) is 0 Å². The maximum atomic E-state index is 12.2. The first-order chi connectivity index (χ1) is 11.6. The van der Waals surface area contributed by atoms with Gasteiger partial charge in [0.2, 0.25) is 0 Å². The molecule has 1 amide bonds. The van der Waals surface area contributed by atoms with E-state index in [1.54, 1.807) is 6.07 Å². The number of phenolic OH excluding ortho intramolecular Hbond substituents is 1. The predicted octanol–water partition coefficient (Wildman–Crippen LogP) is 3.53. The molecule has 6 heteroatoms. The van der Waals surface area contributed by atoms with Crippen LogP contribution >= 0.6 is 23.4 Å². The third-order valence-electron chi connectivity index (χ3n) is 3.97. The van der Waals surface area contributed by atoms with E-state index in [9.17, 15) is 9.90 Å². The van der Waals surface area contributed by atoms with E-state index in [0.29, 0.717) is 11.6 Å². The van der Waals surface area contributed by atoms with Gasteiger partial charge in [-0.15, -0.1) is 0 Å². The van der Waals surface area contributed by atoms with E-state index in [0.717, 1.165) is 18.7 Å². The number of hydrogen-bond donors (Lipinski definition) is 2. The van der Waals surface area contributed by atoms with Crippen molar-refractivity contribution in [1.29, 1.82) is 0 Å². The first-order valence-corrected chi connectivity index (χ1v) is 9.35. The number of phenols is 1. The molecule has 0 bridgehead atoms. The molecule has 0 unspecified atom stereocenters. The zero-order valence-electron chi connectivity index (χ0n) is 13.2. The molecule has 2 aromatic carbocycles. The number of amides is 1. The van der Waals surface area contributed by atoms with Crippen LogP contribution in [-0.4, -0.2) is 35.6 Å². The largest absolute Gasteiger partial charge is 0.507 e. The number of benzene rings is 2. The average molecular weight is 363 g/mol. The Kier molecular flexibility index (Phi) is 5.53. The molecule has 0 aliphatic carbocycles. The minimum absolute atomic E-state index is 0.0739. The molecule has 126 valence electrons. The highest BCUT2D eigenvalue weighted by Crippen LogP contribution is 2.22. The van der Waals surface area contributed by atoms with Gasteiger partial charge in [-0.05, 0) is 35.9 Å². The molecule has 1 fully saturated rings. The molecule has 0 atom stereocenters. The number of carbonyl (C=O) groups is 1. The molecule has 4 nitrogen and oxygen atoms in total. The fraction of sp³-hybridized carbons (Fsp3) is 0.278. The molecule has 2 N–H and O–H groups in total. The molecular formula is C18H19ClN2O2S. The Hall–Kier alpha value is -1.85. The van der Waals surface area contributed by atoms with Gasteiger partial charge in [0, 0.05) is 41.8 Å². The van der Waals surface area contributed by atoms with Crippen LogP contribution in [0.4, 0.5) is 5.69 Å². The predicted molar refractivity (Wildman–Crippen MR) is 100 cm³/mol.